The molecule has 0 radical (unpaired) electrons. The van der Waals surface area contributed by atoms with Gasteiger partial charge < -0.3 is 10.6 Å². The van der Waals surface area contributed by atoms with Crippen LogP contribution in [-0.2, 0) is 13.6 Å². The number of aryl methyl sites for hydroxylation is 1. The highest BCUT2D eigenvalue weighted by Gasteiger charge is 2.22. The summed E-state index contributed by atoms with van der Waals surface area (Å²) in [6.45, 7) is 7.49. The van der Waals surface area contributed by atoms with Crippen molar-refractivity contribution >= 4 is 29.9 Å². The lowest BCUT2D eigenvalue weighted by Gasteiger charge is -2.38. The second-order valence-electron chi connectivity index (χ2n) is 6.18. The van der Waals surface area contributed by atoms with Gasteiger partial charge in [-0.15, -0.1) is 24.0 Å². The predicted octanol–water partition coefficient (Wildman–Crippen LogP) is 1.97. The molecule has 7 heteroatoms. The van der Waals surface area contributed by atoms with Crippen LogP contribution in [0.15, 0.2) is 17.3 Å². The average molecular weight is 434 g/mol. The second-order valence-corrected chi connectivity index (χ2v) is 6.18. The molecule has 0 bridgehead atoms. The summed E-state index contributed by atoms with van der Waals surface area (Å²) in [5.74, 6) is 0.845. The van der Waals surface area contributed by atoms with Crippen molar-refractivity contribution < 1.29 is 0 Å². The Labute approximate surface area is 157 Å². The molecule has 0 saturated carbocycles. The molecule has 2 unspecified atom stereocenters. The number of aromatic nitrogens is 2. The quantitative estimate of drug-likeness (QED) is 0.423. The van der Waals surface area contributed by atoms with Crippen LogP contribution in [0.25, 0.3) is 0 Å². The van der Waals surface area contributed by atoms with Crippen LogP contribution >= 0.6 is 24.0 Å². The Balaban J connectivity index is 0.00000264. The summed E-state index contributed by atoms with van der Waals surface area (Å²) in [7, 11) is 3.76. The van der Waals surface area contributed by atoms with Crippen molar-refractivity contribution in [1.82, 2.24) is 25.3 Å². The third-order valence-electron chi connectivity index (χ3n) is 4.57. The topological polar surface area (TPSA) is 57.5 Å². The zero-order chi connectivity index (χ0) is 15.9. The van der Waals surface area contributed by atoms with E-state index in [2.05, 4.69) is 39.5 Å². The minimum Gasteiger partial charge on any atom is -0.355 e. The molecule has 1 aliphatic heterocycles. The van der Waals surface area contributed by atoms with Crippen molar-refractivity contribution in [3.63, 3.8) is 0 Å². The average Bonchev–Trinajstić information content (AvgIpc) is 2.93. The van der Waals surface area contributed by atoms with E-state index in [0.29, 0.717) is 12.1 Å². The molecule has 1 aliphatic rings. The molecule has 0 aromatic carbocycles. The number of guanidine groups is 1. The summed E-state index contributed by atoms with van der Waals surface area (Å²) < 4.78 is 1.87. The molecule has 23 heavy (non-hydrogen) atoms. The predicted molar refractivity (Wildman–Crippen MR) is 106 cm³/mol. The smallest absolute Gasteiger partial charge is 0.191 e. The first-order valence-corrected chi connectivity index (χ1v) is 8.29. The van der Waals surface area contributed by atoms with Gasteiger partial charge in [0, 0.05) is 38.9 Å². The Bertz CT molecular complexity index is 487. The van der Waals surface area contributed by atoms with Crippen LogP contribution in [0.2, 0.25) is 0 Å². The van der Waals surface area contributed by atoms with Crippen molar-refractivity contribution in [3.8, 4) is 0 Å². The molecule has 2 heterocycles. The van der Waals surface area contributed by atoms with Crippen LogP contribution in [0.1, 0.15) is 38.8 Å². The first kappa shape index (κ1) is 20.2. The van der Waals surface area contributed by atoms with E-state index in [1.807, 2.05) is 31.0 Å². The molecule has 132 valence electrons. The van der Waals surface area contributed by atoms with Gasteiger partial charge in [0.05, 0.1) is 12.2 Å². The lowest BCUT2D eigenvalue weighted by molar-refractivity contribution is 0.115. The van der Waals surface area contributed by atoms with Crippen LogP contribution in [0.4, 0.5) is 0 Å². The van der Waals surface area contributed by atoms with Gasteiger partial charge in [-0.25, -0.2) is 0 Å². The van der Waals surface area contributed by atoms with Crippen molar-refractivity contribution in [1.29, 1.82) is 0 Å². The Kier molecular flexibility index (Phi) is 8.90. The summed E-state index contributed by atoms with van der Waals surface area (Å²) in [5.41, 5.74) is 1.14. The largest absolute Gasteiger partial charge is 0.355 e. The standard InChI is InChI=1S/C16H30N6.HI/c1-13-7-5-6-10-22(13)14(2)11-18-16(17-3)19-12-15-8-9-20-21(15)4;/h8-9,13-14H,5-7,10-12H2,1-4H3,(H2,17,18,19);1H. The van der Waals surface area contributed by atoms with E-state index in [0.717, 1.165) is 24.7 Å². The first-order valence-electron chi connectivity index (χ1n) is 8.29. The molecule has 0 amide bonds. The van der Waals surface area contributed by atoms with Crippen LogP contribution in [0.5, 0.6) is 0 Å². The van der Waals surface area contributed by atoms with E-state index < -0.39 is 0 Å². The number of aliphatic imine (C=N–C) groups is 1. The van der Waals surface area contributed by atoms with Crippen molar-refractivity contribution in [2.75, 3.05) is 20.1 Å². The van der Waals surface area contributed by atoms with Crippen molar-refractivity contribution in [2.24, 2.45) is 12.0 Å². The van der Waals surface area contributed by atoms with Gasteiger partial charge >= 0.3 is 0 Å². The number of likely N-dealkylation sites (tertiary alicyclic amines) is 1. The lowest BCUT2D eigenvalue weighted by atomic mass is 10.0. The third kappa shape index (κ3) is 5.95. The SMILES string of the molecule is CN=C(NCc1ccnn1C)NCC(C)N1CCCCC1C.I. The number of rotatable bonds is 5. The highest BCUT2D eigenvalue weighted by molar-refractivity contribution is 14.0. The molecule has 1 saturated heterocycles. The number of hydrogen-bond acceptors (Lipinski definition) is 3. The summed E-state index contributed by atoms with van der Waals surface area (Å²) in [6, 6.07) is 3.22. The molecule has 0 spiro atoms. The van der Waals surface area contributed by atoms with E-state index in [-0.39, 0.29) is 24.0 Å². The highest BCUT2D eigenvalue weighted by Crippen LogP contribution is 2.18. The Morgan fingerprint density at radius 3 is 2.83 bits per heavy atom. The molecule has 2 rings (SSSR count). The molecule has 0 aliphatic carbocycles. The first-order chi connectivity index (χ1) is 10.6. The van der Waals surface area contributed by atoms with E-state index in [4.69, 9.17) is 0 Å². The second kappa shape index (κ2) is 10.1. The van der Waals surface area contributed by atoms with Gasteiger partial charge in [0.15, 0.2) is 5.96 Å². The summed E-state index contributed by atoms with van der Waals surface area (Å²) in [6.07, 6.45) is 5.82. The summed E-state index contributed by atoms with van der Waals surface area (Å²) in [5, 5.41) is 11.0. The Morgan fingerprint density at radius 1 is 1.43 bits per heavy atom. The molecule has 1 fully saturated rings. The van der Waals surface area contributed by atoms with Crippen molar-refractivity contribution in [2.45, 2.75) is 51.7 Å². The Hall–Kier alpha value is -0.830. The zero-order valence-electron chi connectivity index (χ0n) is 14.7. The molecule has 2 N–H and O–H groups in total. The summed E-state index contributed by atoms with van der Waals surface area (Å²) in [4.78, 5) is 6.90. The third-order valence-corrected chi connectivity index (χ3v) is 4.57. The van der Waals surface area contributed by atoms with Gasteiger partial charge in [0.25, 0.3) is 0 Å². The fraction of sp³-hybridized carbons (Fsp3) is 0.750. The molecular formula is C16H31IN6. The van der Waals surface area contributed by atoms with Gasteiger partial charge in [0.2, 0.25) is 0 Å². The van der Waals surface area contributed by atoms with Crippen LogP contribution in [0.3, 0.4) is 0 Å². The number of hydrogen-bond donors (Lipinski definition) is 2. The number of halogens is 1. The molecule has 1 aromatic heterocycles. The van der Waals surface area contributed by atoms with Gasteiger partial charge in [-0.2, -0.15) is 5.10 Å². The lowest BCUT2D eigenvalue weighted by Crippen LogP contribution is -2.50. The maximum Gasteiger partial charge on any atom is 0.191 e. The number of nitrogens with one attached hydrogen (secondary N) is 2. The molecule has 2 atom stereocenters. The fourth-order valence-electron chi connectivity index (χ4n) is 3.11. The van der Waals surface area contributed by atoms with E-state index in [1.165, 1.54) is 25.8 Å². The van der Waals surface area contributed by atoms with E-state index in [1.54, 1.807) is 0 Å². The van der Waals surface area contributed by atoms with Crippen molar-refractivity contribution in [3.05, 3.63) is 18.0 Å². The summed E-state index contributed by atoms with van der Waals surface area (Å²) >= 11 is 0. The van der Waals surface area contributed by atoms with Gasteiger partial charge in [-0.05, 0) is 39.3 Å². The zero-order valence-corrected chi connectivity index (χ0v) is 17.1. The van der Waals surface area contributed by atoms with E-state index >= 15 is 0 Å². The maximum atomic E-state index is 4.30. The molecule has 1 aromatic rings. The fourth-order valence-corrected chi connectivity index (χ4v) is 3.11. The normalized spacial score (nSPS) is 20.7. The van der Waals surface area contributed by atoms with Crippen LogP contribution in [0, 0.1) is 0 Å². The minimum absolute atomic E-state index is 0. The Morgan fingerprint density at radius 2 is 2.22 bits per heavy atom. The van der Waals surface area contributed by atoms with Gasteiger partial charge in [-0.3, -0.25) is 14.6 Å². The van der Waals surface area contributed by atoms with Crippen LogP contribution in [-0.4, -0.2) is 52.9 Å². The van der Waals surface area contributed by atoms with Gasteiger partial charge in [0.1, 0.15) is 0 Å². The van der Waals surface area contributed by atoms with Gasteiger partial charge in [-0.1, -0.05) is 6.42 Å². The van der Waals surface area contributed by atoms with E-state index in [9.17, 15) is 0 Å². The van der Waals surface area contributed by atoms with Crippen LogP contribution < -0.4 is 10.6 Å². The number of piperidine rings is 1. The highest BCUT2D eigenvalue weighted by atomic mass is 127. The number of nitrogens with zero attached hydrogens (tertiary/aromatic N) is 4. The minimum atomic E-state index is 0. The molecule has 6 nitrogen and oxygen atoms in total. The monoisotopic (exact) mass is 434 g/mol. The maximum absolute atomic E-state index is 4.30. The molecular weight excluding hydrogens is 403 g/mol.